The molecule has 1 aromatic carbocycles. The SMILES string of the molecule is Cc1ccc(C(C)NC(=O)c2cc3ccccc3n2C)s1.O=CNO. The van der Waals surface area contributed by atoms with E-state index in [0.717, 1.165) is 10.9 Å². The summed E-state index contributed by atoms with van der Waals surface area (Å²) in [6, 6.07) is 14.1. The average Bonchev–Trinajstić information content (AvgIpc) is 3.19. The fourth-order valence-corrected chi connectivity index (χ4v) is 3.41. The molecule has 0 radical (unpaired) electrons. The van der Waals surface area contributed by atoms with Gasteiger partial charge in [-0.1, -0.05) is 18.2 Å². The second-order valence-corrected chi connectivity index (χ2v) is 6.86. The van der Waals surface area contributed by atoms with Crippen LogP contribution in [0.5, 0.6) is 0 Å². The van der Waals surface area contributed by atoms with Gasteiger partial charge in [-0.05, 0) is 38.1 Å². The van der Waals surface area contributed by atoms with Crippen LogP contribution in [0.15, 0.2) is 42.5 Å². The Kier molecular flexibility index (Phi) is 6.32. The average molecular weight is 359 g/mol. The molecule has 0 bridgehead atoms. The maximum atomic E-state index is 12.5. The zero-order chi connectivity index (χ0) is 18.4. The molecule has 1 unspecified atom stereocenters. The van der Waals surface area contributed by atoms with E-state index >= 15 is 0 Å². The standard InChI is InChI=1S/C17H18N2OS.CH3NO2/c1-11-8-9-16(21-11)12(2)18-17(20)15-10-13-6-4-5-7-14(13)19(15)3;3-1-2-4/h4-10,12H,1-3H3,(H,18,20);1,4H,(H,2,3). The highest BCUT2D eigenvalue weighted by atomic mass is 32.1. The Balaban J connectivity index is 0.000000511. The Labute approximate surface area is 150 Å². The minimum Gasteiger partial charge on any atom is -0.343 e. The normalized spacial score (nSPS) is 11.4. The van der Waals surface area contributed by atoms with Gasteiger partial charge >= 0.3 is 0 Å². The number of para-hydroxylation sites is 1. The van der Waals surface area contributed by atoms with Gasteiger partial charge in [-0.3, -0.25) is 14.8 Å². The van der Waals surface area contributed by atoms with Crippen molar-refractivity contribution in [1.82, 2.24) is 15.4 Å². The van der Waals surface area contributed by atoms with E-state index in [1.54, 1.807) is 11.3 Å². The van der Waals surface area contributed by atoms with Gasteiger partial charge in [-0.25, -0.2) is 5.48 Å². The number of nitrogens with one attached hydrogen (secondary N) is 2. The van der Waals surface area contributed by atoms with Gasteiger partial charge in [0.1, 0.15) is 5.69 Å². The highest BCUT2D eigenvalue weighted by Crippen LogP contribution is 2.23. The Bertz CT molecular complexity index is 869. The van der Waals surface area contributed by atoms with E-state index in [4.69, 9.17) is 10.0 Å². The van der Waals surface area contributed by atoms with Gasteiger partial charge in [0, 0.05) is 27.7 Å². The monoisotopic (exact) mass is 359 g/mol. The Morgan fingerprint density at radius 2 is 1.96 bits per heavy atom. The van der Waals surface area contributed by atoms with Crippen molar-refractivity contribution in [3.8, 4) is 0 Å². The lowest BCUT2D eigenvalue weighted by Crippen LogP contribution is -2.27. The molecule has 3 N–H and O–H groups in total. The van der Waals surface area contributed by atoms with Crippen molar-refractivity contribution in [3.63, 3.8) is 0 Å². The Morgan fingerprint density at radius 1 is 1.28 bits per heavy atom. The number of amides is 2. The van der Waals surface area contributed by atoms with Gasteiger partial charge in [0.25, 0.3) is 5.91 Å². The second kappa shape index (κ2) is 8.46. The molecule has 0 spiro atoms. The number of carbonyl (C=O) groups excluding carboxylic acids is 2. The molecule has 0 aliphatic heterocycles. The van der Waals surface area contributed by atoms with Crippen molar-refractivity contribution in [1.29, 1.82) is 0 Å². The summed E-state index contributed by atoms with van der Waals surface area (Å²) in [7, 11) is 1.93. The predicted octanol–water partition coefficient (Wildman–Crippen LogP) is 3.16. The minimum absolute atomic E-state index is 0.0224. The molecule has 2 heterocycles. The fraction of sp³-hybridized carbons (Fsp3) is 0.222. The molecule has 3 rings (SSSR count). The highest BCUT2D eigenvalue weighted by Gasteiger charge is 2.16. The molecule has 0 aliphatic carbocycles. The van der Waals surface area contributed by atoms with Crippen molar-refractivity contribution in [3.05, 3.63) is 57.9 Å². The number of hydrogen-bond acceptors (Lipinski definition) is 4. The van der Waals surface area contributed by atoms with Gasteiger partial charge in [0.15, 0.2) is 0 Å². The first-order valence-corrected chi connectivity index (χ1v) is 8.54. The lowest BCUT2D eigenvalue weighted by atomic mass is 10.2. The summed E-state index contributed by atoms with van der Waals surface area (Å²) >= 11 is 1.72. The maximum Gasteiger partial charge on any atom is 0.268 e. The second-order valence-electron chi connectivity index (χ2n) is 5.54. The predicted molar refractivity (Wildman–Crippen MR) is 98.8 cm³/mol. The summed E-state index contributed by atoms with van der Waals surface area (Å²) in [6.07, 6.45) is 0.181. The first-order valence-electron chi connectivity index (χ1n) is 7.72. The number of nitrogens with zero attached hydrogens (tertiary/aromatic N) is 1. The number of aryl methyl sites for hydroxylation is 2. The number of hydrogen-bond donors (Lipinski definition) is 3. The van der Waals surface area contributed by atoms with Crippen LogP contribution in [0.3, 0.4) is 0 Å². The molecule has 6 nitrogen and oxygen atoms in total. The number of benzene rings is 1. The number of aromatic nitrogens is 1. The molecule has 0 aliphatic rings. The van der Waals surface area contributed by atoms with E-state index in [1.807, 2.05) is 48.9 Å². The van der Waals surface area contributed by atoms with Crippen molar-refractivity contribution in [2.45, 2.75) is 19.9 Å². The molecule has 2 aromatic heterocycles. The molecule has 132 valence electrons. The van der Waals surface area contributed by atoms with Crippen LogP contribution >= 0.6 is 11.3 Å². The van der Waals surface area contributed by atoms with Crippen molar-refractivity contribution >= 4 is 34.6 Å². The summed E-state index contributed by atoms with van der Waals surface area (Å²) in [5, 5.41) is 11.4. The van der Waals surface area contributed by atoms with Gasteiger partial charge in [0.2, 0.25) is 6.41 Å². The van der Waals surface area contributed by atoms with Crippen molar-refractivity contribution in [2.24, 2.45) is 7.05 Å². The van der Waals surface area contributed by atoms with Crippen molar-refractivity contribution in [2.75, 3.05) is 0 Å². The molecule has 0 saturated heterocycles. The molecular weight excluding hydrogens is 338 g/mol. The van der Waals surface area contributed by atoms with Crippen LogP contribution in [0, 0.1) is 6.92 Å². The smallest absolute Gasteiger partial charge is 0.268 e. The van der Waals surface area contributed by atoms with Gasteiger partial charge in [-0.2, -0.15) is 0 Å². The molecule has 2 amide bonds. The number of thiophene rings is 1. The minimum atomic E-state index is -0.0350. The summed E-state index contributed by atoms with van der Waals surface area (Å²) in [6.45, 7) is 4.10. The fourth-order valence-electron chi connectivity index (χ4n) is 2.53. The topological polar surface area (TPSA) is 83.4 Å². The van der Waals surface area contributed by atoms with Crippen molar-refractivity contribution < 1.29 is 14.8 Å². The number of rotatable bonds is 4. The van der Waals surface area contributed by atoms with Gasteiger partial charge < -0.3 is 9.88 Å². The molecule has 7 heteroatoms. The lowest BCUT2D eigenvalue weighted by Gasteiger charge is -2.12. The zero-order valence-corrected chi connectivity index (χ0v) is 15.1. The number of fused-ring (bicyclic) bond motifs is 1. The maximum absolute atomic E-state index is 12.5. The molecule has 0 fully saturated rings. The van der Waals surface area contributed by atoms with Crippen LogP contribution in [-0.2, 0) is 11.8 Å². The van der Waals surface area contributed by atoms with Gasteiger partial charge in [0.05, 0.1) is 6.04 Å². The Morgan fingerprint density at radius 3 is 2.52 bits per heavy atom. The first-order chi connectivity index (χ1) is 12.0. The van der Waals surface area contributed by atoms with Crippen LogP contribution in [0.25, 0.3) is 10.9 Å². The zero-order valence-electron chi connectivity index (χ0n) is 14.3. The van der Waals surface area contributed by atoms with Crippen LogP contribution in [0.1, 0.15) is 33.2 Å². The Hall–Kier alpha value is -2.64. The number of hydroxylamine groups is 1. The quantitative estimate of drug-likeness (QED) is 0.380. The largest absolute Gasteiger partial charge is 0.343 e. The molecule has 3 aromatic rings. The van der Waals surface area contributed by atoms with Crippen LogP contribution in [0.4, 0.5) is 0 Å². The first kappa shape index (κ1) is 18.7. The third kappa shape index (κ3) is 4.46. The summed E-state index contributed by atoms with van der Waals surface area (Å²) in [4.78, 5) is 23.8. The van der Waals surface area contributed by atoms with E-state index in [2.05, 4.69) is 24.4 Å². The third-order valence-electron chi connectivity index (χ3n) is 3.77. The van der Waals surface area contributed by atoms with E-state index in [1.165, 1.54) is 15.2 Å². The van der Waals surface area contributed by atoms with Crippen LogP contribution in [-0.4, -0.2) is 22.1 Å². The molecular formula is C18H21N3O3S. The van der Waals surface area contributed by atoms with E-state index in [-0.39, 0.29) is 18.4 Å². The van der Waals surface area contributed by atoms with E-state index in [9.17, 15) is 4.79 Å². The summed E-state index contributed by atoms with van der Waals surface area (Å²) in [5.41, 5.74) is 3.01. The number of carbonyl (C=O) groups is 2. The van der Waals surface area contributed by atoms with E-state index in [0.29, 0.717) is 5.69 Å². The van der Waals surface area contributed by atoms with E-state index < -0.39 is 0 Å². The van der Waals surface area contributed by atoms with Crippen LogP contribution < -0.4 is 10.8 Å². The van der Waals surface area contributed by atoms with Gasteiger partial charge in [-0.15, -0.1) is 11.3 Å². The third-order valence-corrected chi connectivity index (χ3v) is 4.96. The summed E-state index contributed by atoms with van der Waals surface area (Å²) in [5.74, 6) is -0.0350. The highest BCUT2D eigenvalue weighted by molar-refractivity contribution is 7.12. The van der Waals surface area contributed by atoms with Crippen LogP contribution in [0.2, 0.25) is 0 Å². The molecule has 1 atom stereocenters. The lowest BCUT2D eigenvalue weighted by molar-refractivity contribution is -0.116. The molecule has 0 saturated carbocycles. The molecule has 25 heavy (non-hydrogen) atoms. The summed E-state index contributed by atoms with van der Waals surface area (Å²) < 4.78 is 1.94.